The summed E-state index contributed by atoms with van der Waals surface area (Å²) in [5, 5.41) is 7.73. The predicted octanol–water partition coefficient (Wildman–Crippen LogP) is 8.59. The van der Waals surface area contributed by atoms with Gasteiger partial charge in [-0.05, 0) is 62.4 Å². The maximum atomic E-state index is 3.71. The average molecular weight is 400 g/mol. The highest BCUT2D eigenvalue weighted by molar-refractivity contribution is 6.15. The Morgan fingerprint density at radius 3 is 2.06 bits per heavy atom. The maximum absolute atomic E-state index is 3.71. The van der Waals surface area contributed by atoms with E-state index >= 15 is 0 Å². The average Bonchev–Trinajstić information content (AvgIpc) is 3.15. The third-order valence-corrected chi connectivity index (χ3v) is 6.52. The third kappa shape index (κ3) is 2.84. The summed E-state index contributed by atoms with van der Waals surface area (Å²) < 4.78 is 0. The minimum atomic E-state index is 0.0724. The van der Waals surface area contributed by atoms with Crippen LogP contribution >= 0.6 is 0 Å². The summed E-state index contributed by atoms with van der Waals surface area (Å²) in [6.45, 7) is 6.88. The Hall–Kier alpha value is -3.58. The summed E-state index contributed by atoms with van der Waals surface area (Å²) >= 11 is 0. The van der Waals surface area contributed by atoms with Crippen LogP contribution in [0.1, 0.15) is 26.3 Å². The molecular weight excluding hydrogens is 374 g/mol. The van der Waals surface area contributed by atoms with Crippen molar-refractivity contribution in [2.45, 2.75) is 26.2 Å². The van der Waals surface area contributed by atoms with Gasteiger partial charge >= 0.3 is 0 Å². The van der Waals surface area contributed by atoms with Gasteiger partial charge in [0.15, 0.2) is 0 Å². The van der Waals surface area contributed by atoms with E-state index < -0.39 is 0 Å². The van der Waals surface area contributed by atoms with E-state index in [4.69, 9.17) is 0 Å². The fourth-order valence-electron chi connectivity index (χ4n) is 4.81. The van der Waals surface area contributed by atoms with Crippen molar-refractivity contribution in [1.29, 1.82) is 0 Å². The van der Waals surface area contributed by atoms with Crippen LogP contribution in [0.25, 0.3) is 54.5 Å². The number of nitrogens with one attached hydrogen (secondary N) is 1. The molecule has 0 aliphatic heterocycles. The van der Waals surface area contributed by atoms with Crippen LogP contribution in [-0.2, 0) is 5.41 Å². The van der Waals surface area contributed by atoms with Crippen LogP contribution in [0.4, 0.5) is 0 Å². The topological polar surface area (TPSA) is 15.8 Å². The number of H-pyrrole nitrogens is 1. The van der Waals surface area contributed by atoms with Gasteiger partial charge in [0.25, 0.3) is 0 Å². The van der Waals surface area contributed by atoms with Gasteiger partial charge < -0.3 is 4.98 Å². The summed E-state index contributed by atoms with van der Waals surface area (Å²) in [7, 11) is 0. The SMILES string of the molecule is CC(C)(C)c1cc(-c2cccc3c2[nH]c2ccccc23)c2cc3ccccc3cc2c1. The van der Waals surface area contributed by atoms with Crippen LogP contribution in [0.5, 0.6) is 0 Å². The van der Waals surface area contributed by atoms with E-state index in [9.17, 15) is 0 Å². The zero-order valence-corrected chi connectivity index (χ0v) is 18.2. The molecule has 0 saturated heterocycles. The zero-order chi connectivity index (χ0) is 21.2. The Kier molecular flexibility index (Phi) is 3.79. The van der Waals surface area contributed by atoms with Crippen molar-refractivity contribution in [2.75, 3.05) is 0 Å². The number of aromatic amines is 1. The summed E-state index contributed by atoms with van der Waals surface area (Å²) in [4.78, 5) is 3.71. The van der Waals surface area contributed by atoms with E-state index in [1.807, 2.05) is 0 Å². The second-order valence-electron chi connectivity index (χ2n) is 9.59. The van der Waals surface area contributed by atoms with Crippen molar-refractivity contribution < 1.29 is 0 Å². The molecule has 1 aromatic heterocycles. The highest BCUT2D eigenvalue weighted by atomic mass is 14.7. The summed E-state index contributed by atoms with van der Waals surface area (Å²) in [6.07, 6.45) is 0. The number of para-hydroxylation sites is 2. The van der Waals surface area contributed by atoms with E-state index in [1.54, 1.807) is 0 Å². The van der Waals surface area contributed by atoms with Crippen LogP contribution in [-0.4, -0.2) is 4.98 Å². The molecule has 0 saturated carbocycles. The zero-order valence-electron chi connectivity index (χ0n) is 18.2. The summed E-state index contributed by atoms with van der Waals surface area (Å²) in [6, 6.07) is 33.4. The van der Waals surface area contributed by atoms with Crippen LogP contribution < -0.4 is 0 Å². The Morgan fingerprint density at radius 2 is 1.26 bits per heavy atom. The van der Waals surface area contributed by atoms with Crippen LogP contribution in [0.15, 0.2) is 91.0 Å². The van der Waals surface area contributed by atoms with Crippen molar-refractivity contribution >= 4 is 43.4 Å². The van der Waals surface area contributed by atoms with Gasteiger partial charge in [0, 0.05) is 21.9 Å². The second kappa shape index (κ2) is 6.46. The molecule has 0 aliphatic carbocycles. The number of benzene rings is 5. The molecular formula is C30H25N. The summed E-state index contributed by atoms with van der Waals surface area (Å²) in [5.41, 5.74) is 6.39. The first-order valence-electron chi connectivity index (χ1n) is 11.0. The van der Waals surface area contributed by atoms with Gasteiger partial charge in [-0.3, -0.25) is 0 Å². The minimum Gasteiger partial charge on any atom is -0.354 e. The normalized spacial score (nSPS) is 12.4. The van der Waals surface area contributed by atoms with Crippen molar-refractivity contribution in [3.05, 3.63) is 96.6 Å². The van der Waals surface area contributed by atoms with Crippen LogP contribution in [0.2, 0.25) is 0 Å². The maximum Gasteiger partial charge on any atom is 0.0544 e. The number of aromatic nitrogens is 1. The highest BCUT2D eigenvalue weighted by Crippen LogP contribution is 2.40. The van der Waals surface area contributed by atoms with Crippen molar-refractivity contribution in [2.24, 2.45) is 0 Å². The Balaban J connectivity index is 1.77. The second-order valence-corrected chi connectivity index (χ2v) is 9.59. The van der Waals surface area contributed by atoms with E-state index in [1.165, 1.54) is 60.0 Å². The minimum absolute atomic E-state index is 0.0724. The van der Waals surface area contributed by atoms with E-state index in [-0.39, 0.29) is 5.41 Å². The molecule has 6 rings (SSSR count). The van der Waals surface area contributed by atoms with Gasteiger partial charge in [0.2, 0.25) is 0 Å². The Labute approximate surface area is 182 Å². The first-order chi connectivity index (χ1) is 15.0. The largest absolute Gasteiger partial charge is 0.354 e. The van der Waals surface area contributed by atoms with Crippen LogP contribution in [0, 0.1) is 0 Å². The Bertz CT molecular complexity index is 1610. The molecule has 1 N–H and O–H groups in total. The number of rotatable bonds is 1. The lowest BCUT2D eigenvalue weighted by Gasteiger charge is -2.22. The van der Waals surface area contributed by atoms with E-state index in [0.29, 0.717) is 0 Å². The van der Waals surface area contributed by atoms with Gasteiger partial charge in [-0.15, -0.1) is 0 Å². The first kappa shape index (κ1) is 18.2. The van der Waals surface area contributed by atoms with Gasteiger partial charge in [-0.1, -0.05) is 87.5 Å². The predicted molar refractivity (Wildman–Crippen MR) is 135 cm³/mol. The van der Waals surface area contributed by atoms with Gasteiger partial charge in [0.1, 0.15) is 0 Å². The Morgan fingerprint density at radius 1 is 0.548 bits per heavy atom. The molecule has 1 heteroatoms. The molecule has 0 bridgehead atoms. The lowest BCUT2D eigenvalue weighted by molar-refractivity contribution is 0.591. The summed E-state index contributed by atoms with van der Waals surface area (Å²) in [5.74, 6) is 0. The number of hydrogen-bond donors (Lipinski definition) is 1. The third-order valence-electron chi connectivity index (χ3n) is 6.52. The molecule has 5 aromatic carbocycles. The molecule has 6 aromatic rings. The molecule has 150 valence electrons. The first-order valence-corrected chi connectivity index (χ1v) is 11.0. The molecule has 0 amide bonds. The smallest absolute Gasteiger partial charge is 0.0544 e. The molecule has 1 heterocycles. The molecule has 0 spiro atoms. The molecule has 1 nitrogen and oxygen atoms in total. The fraction of sp³-hybridized carbons (Fsp3) is 0.133. The molecule has 0 radical (unpaired) electrons. The monoisotopic (exact) mass is 399 g/mol. The number of fused-ring (bicyclic) bond motifs is 5. The van der Waals surface area contributed by atoms with E-state index in [2.05, 4.69) is 117 Å². The lowest BCUT2D eigenvalue weighted by Crippen LogP contribution is -2.11. The highest BCUT2D eigenvalue weighted by Gasteiger charge is 2.19. The molecule has 0 atom stereocenters. The molecule has 31 heavy (non-hydrogen) atoms. The quantitative estimate of drug-likeness (QED) is 0.266. The van der Waals surface area contributed by atoms with Crippen molar-refractivity contribution in [3.63, 3.8) is 0 Å². The molecule has 0 fully saturated rings. The number of hydrogen-bond acceptors (Lipinski definition) is 0. The van der Waals surface area contributed by atoms with Gasteiger partial charge in [-0.25, -0.2) is 0 Å². The van der Waals surface area contributed by atoms with Gasteiger partial charge in [0.05, 0.1) is 5.52 Å². The van der Waals surface area contributed by atoms with Crippen LogP contribution in [0.3, 0.4) is 0 Å². The molecule has 0 aliphatic rings. The van der Waals surface area contributed by atoms with Crippen molar-refractivity contribution in [1.82, 2.24) is 4.98 Å². The lowest BCUT2D eigenvalue weighted by atomic mass is 9.82. The molecule has 0 unspecified atom stereocenters. The van der Waals surface area contributed by atoms with E-state index in [0.717, 1.165) is 0 Å². The van der Waals surface area contributed by atoms with Gasteiger partial charge in [-0.2, -0.15) is 0 Å². The van der Waals surface area contributed by atoms with Crippen molar-refractivity contribution in [3.8, 4) is 11.1 Å². The standard InChI is InChI=1S/C30H25N/c1-30(2,3)22-16-21-15-19-9-4-5-10-20(19)17-26(21)27(18-22)25-13-8-12-24-23-11-6-7-14-28(23)31-29(24)25/h4-18,31H,1-3H3. The fourth-order valence-corrected chi connectivity index (χ4v) is 4.81.